The van der Waals surface area contributed by atoms with Gasteiger partial charge >= 0.3 is 5.97 Å². The van der Waals surface area contributed by atoms with Gasteiger partial charge in [-0.25, -0.2) is 4.79 Å². The zero-order valence-electron chi connectivity index (χ0n) is 12.4. The molecule has 0 unspecified atom stereocenters. The number of thioether (sulfide) groups is 1. The molecular formula is C16H14N2O3S2. The maximum absolute atomic E-state index is 11.9. The Labute approximate surface area is 142 Å². The number of para-hydroxylation sites is 1. The molecule has 1 amide bonds. The normalized spacial score (nSPS) is 9.91. The van der Waals surface area contributed by atoms with E-state index in [2.05, 4.69) is 5.32 Å². The number of rotatable bonds is 6. The molecule has 23 heavy (non-hydrogen) atoms. The average molecular weight is 346 g/mol. The van der Waals surface area contributed by atoms with Crippen molar-refractivity contribution in [3.63, 3.8) is 0 Å². The molecule has 0 radical (unpaired) electrons. The number of anilines is 1. The molecular weight excluding hydrogens is 332 g/mol. The van der Waals surface area contributed by atoms with Gasteiger partial charge < -0.3 is 10.1 Å². The predicted molar refractivity (Wildman–Crippen MR) is 90.7 cm³/mol. The highest BCUT2D eigenvalue weighted by molar-refractivity contribution is 7.99. The summed E-state index contributed by atoms with van der Waals surface area (Å²) in [6.07, 6.45) is 0. The lowest BCUT2D eigenvalue weighted by Crippen LogP contribution is -2.20. The number of benzene rings is 1. The summed E-state index contributed by atoms with van der Waals surface area (Å²) < 4.78 is 5.00. The SMILES string of the molecule is Cc1ccc(C(=O)OCC(=O)Nc2ccccc2SCC#N)s1. The summed E-state index contributed by atoms with van der Waals surface area (Å²) in [5, 5.41) is 11.3. The second-order valence-corrected chi connectivity index (χ2v) is 6.78. The molecule has 1 heterocycles. The number of nitriles is 1. The molecule has 2 rings (SSSR count). The number of aryl methyl sites for hydroxylation is 1. The molecule has 7 heteroatoms. The summed E-state index contributed by atoms with van der Waals surface area (Å²) in [4.78, 5) is 26.0. The highest BCUT2D eigenvalue weighted by Crippen LogP contribution is 2.26. The number of nitrogens with zero attached hydrogens (tertiary/aromatic N) is 1. The molecule has 0 bridgehead atoms. The van der Waals surface area contributed by atoms with Gasteiger partial charge in [0.25, 0.3) is 5.91 Å². The molecule has 0 fully saturated rings. The van der Waals surface area contributed by atoms with E-state index in [1.807, 2.05) is 31.2 Å². The number of amides is 1. The van der Waals surface area contributed by atoms with E-state index in [0.717, 1.165) is 9.77 Å². The van der Waals surface area contributed by atoms with Crippen LogP contribution in [0.3, 0.4) is 0 Å². The van der Waals surface area contributed by atoms with Crippen molar-refractivity contribution in [1.29, 1.82) is 5.26 Å². The van der Waals surface area contributed by atoms with Crippen molar-refractivity contribution in [1.82, 2.24) is 0 Å². The first-order valence-corrected chi connectivity index (χ1v) is 8.52. The maximum atomic E-state index is 11.9. The lowest BCUT2D eigenvalue weighted by Gasteiger charge is -2.09. The first kappa shape index (κ1) is 17.1. The Kier molecular flexibility index (Phi) is 6.20. The Hall–Kier alpha value is -2.30. The van der Waals surface area contributed by atoms with Gasteiger partial charge in [-0.05, 0) is 31.2 Å². The van der Waals surface area contributed by atoms with Crippen molar-refractivity contribution in [3.8, 4) is 6.07 Å². The summed E-state index contributed by atoms with van der Waals surface area (Å²) in [5.41, 5.74) is 0.598. The van der Waals surface area contributed by atoms with Crippen molar-refractivity contribution >= 4 is 40.7 Å². The summed E-state index contributed by atoms with van der Waals surface area (Å²) >= 11 is 2.65. The highest BCUT2D eigenvalue weighted by atomic mass is 32.2. The van der Waals surface area contributed by atoms with Gasteiger partial charge in [-0.1, -0.05) is 12.1 Å². The molecule has 0 spiro atoms. The van der Waals surface area contributed by atoms with Gasteiger partial charge in [0.15, 0.2) is 6.61 Å². The number of hydrogen-bond donors (Lipinski definition) is 1. The molecule has 118 valence electrons. The van der Waals surface area contributed by atoms with Crippen LogP contribution in [0, 0.1) is 18.3 Å². The van der Waals surface area contributed by atoms with Gasteiger partial charge in [0.2, 0.25) is 0 Å². The van der Waals surface area contributed by atoms with E-state index >= 15 is 0 Å². The Morgan fingerprint density at radius 3 is 2.78 bits per heavy atom. The second-order valence-electron chi connectivity index (χ2n) is 4.48. The van der Waals surface area contributed by atoms with E-state index in [1.54, 1.807) is 18.2 Å². The lowest BCUT2D eigenvalue weighted by molar-refractivity contribution is -0.119. The van der Waals surface area contributed by atoms with Crippen LogP contribution in [0.25, 0.3) is 0 Å². The fourth-order valence-electron chi connectivity index (χ4n) is 1.74. The van der Waals surface area contributed by atoms with Crippen LogP contribution >= 0.6 is 23.1 Å². The first-order chi connectivity index (χ1) is 11.1. The van der Waals surface area contributed by atoms with Crippen LogP contribution in [0.1, 0.15) is 14.5 Å². The van der Waals surface area contributed by atoms with Crippen molar-refractivity contribution in [2.45, 2.75) is 11.8 Å². The largest absolute Gasteiger partial charge is 0.451 e. The van der Waals surface area contributed by atoms with Crippen molar-refractivity contribution in [2.24, 2.45) is 0 Å². The zero-order chi connectivity index (χ0) is 16.7. The number of ether oxygens (including phenoxy) is 1. The molecule has 1 aromatic carbocycles. The molecule has 2 aromatic rings. The van der Waals surface area contributed by atoms with E-state index in [0.29, 0.717) is 16.3 Å². The van der Waals surface area contributed by atoms with Gasteiger partial charge in [-0.15, -0.1) is 23.1 Å². The topological polar surface area (TPSA) is 79.2 Å². The Morgan fingerprint density at radius 2 is 2.09 bits per heavy atom. The number of carbonyl (C=O) groups is 2. The van der Waals surface area contributed by atoms with Gasteiger partial charge in [0.1, 0.15) is 4.88 Å². The van der Waals surface area contributed by atoms with Gasteiger partial charge in [0, 0.05) is 9.77 Å². The summed E-state index contributed by atoms with van der Waals surface area (Å²) in [7, 11) is 0. The predicted octanol–water partition coefficient (Wildman–Crippen LogP) is 3.47. The van der Waals surface area contributed by atoms with E-state index in [1.165, 1.54) is 23.1 Å². The lowest BCUT2D eigenvalue weighted by atomic mass is 10.3. The Morgan fingerprint density at radius 1 is 1.30 bits per heavy atom. The van der Waals surface area contributed by atoms with Crippen LogP contribution < -0.4 is 5.32 Å². The number of esters is 1. The fourth-order valence-corrected chi connectivity index (χ4v) is 3.17. The minimum atomic E-state index is -0.509. The fraction of sp³-hybridized carbons (Fsp3) is 0.188. The van der Waals surface area contributed by atoms with Crippen LogP contribution in [0.15, 0.2) is 41.3 Å². The van der Waals surface area contributed by atoms with Crippen molar-refractivity contribution in [3.05, 3.63) is 46.2 Å². The standard InChI is InChI=1S/C16H14N2O3S2/c1-11-6-7-14(23-11)16(20)21-10-15(19)18-12-4-2-3-5-13(12)22-9-8-17/h2-7H,9-10H2,1H3,(H,18,19). The minimum Gasteiger partial charge on any atom is -0.451 e. The van der Waals surface area contributed by atoms with Crippen LogP contribution in [-0.4, -0.2) is 24.2 Å². The summed E-state index contributed by atoms with van der Waals surface area (Å²) in [5.74, 6) is -0.637. The Bertz CT molecular complexity index is 750. The van der Waals surface area contributed by atoms with E-state index in [4.69, 9.17) is 10.00 Å². The van der Waals surface area contributed by atoms with Gasteiger partial charge in [0.05, 0.1) is 17.5 Å². The van der Waals surface area contributed by atoms with Crippen LogP contribution in [0.2, 0.25) is 0 Å². The van der Waals surface area contributed by atoms with E-state index in [9.17, 15) is 9.59 Å². The molecule has 0 atom stereocenters. The number of nitrogens with one attached hydrogen (secondary N) is 1. The average Bonchev–Trinajstić information content (AvgIpc) is 2.98. The van der Waals surface area contributed by atoms with Gasteiger partial charge in [-0.2, -0.15) is 5.26 Å². The molecule has 0 aliphatic heterocycles. The first-order valence-electron chi connectivity index (χ1n) is 6.72. The van der Waals surface area contributed by atoms with E-state index in [-0.39, 0.29) is 6.61 Å². The third-order valence-electron chi connectivity index (χ3n) is 2.73. The Balaban J connectivity index is 1.90. The number of hydrogen-bond acceptors (Lipinski definition) is 6. The van der Waals surface area contributed by atoms with Crippen LogP contribution in [0.4, 0.5) is 5.69 Å². The van der Waals surface area contributed by atoms with Crippen LogP contribution in [-0.2, 0) is 9.53 Å². The molecule has 1 N–H and O–H groups in total. The third-order valence-corrected chi connectivity index (χ3v) is 4.65. The van der Waals surface area contributed by atoms with Crippen LogP contribution in [0.5, 0.6) is 0 Å². The van der Waals surface area contributed by atoms with Crippen molar-refractivity contribution < 1.29 is 14.3 Å². The third kappa shape index (κ3) is 5.13. The molecule has 0 saturated heterocycles. The molecule has 0 saturated carbocycles. The van der Waals surface area contributed by atoms with E-state index < -0.39 is 11.9 Å². The molecule has 5 nitrogen and oxygen atoms in total. The highest BCUT2D eigenvalue weighted by Gasteiger charge is 2.13. The monoisotopic (exact) mass is 346 g/mol. The van der Waals surface area contributed by atoms with Gasteiger partial charge in [-0.3, -0.25) is 4.79 Å². The number of carbonyl (C=O) groups excluding carboxylic acids is 2. The summed E-state index contributed by atoms with van der Waals surface area (Å²) in [6, 6.07) is 12.7. The zero-order valence-corrected chi connectivity index (χ0v) is 14.0. The molecule has 0 aliphatic carbocycles. The molecule has 1 aromatic heterocycles. The smallest absolute Gasteiger partial charge is 0.348 e. The van der Waals surface area contributed by atoms with Crippen molar-refractivity contribution in [2.75, 3.05) is 17.7 Å². The maximum Gasteiger partial charge on any atom is 0.348 e. The summed E-state index contributed by atoms with van der Waals surface area (Å²) in [6.45, 7) is 1.54. The quantitative estimate of drug-likeness (QED) is 0.640. The second kappa shape index (κ2) is 8.36. The minimum absolute atomic E-state index is 0.291. The molecule has 0 aliphatic rings. The number of thiophene rings is 1.